The molecule has 2 rings (SSSR count). The van der Waals surface area contributed by atoms with Gasteiger partial charge in [0.1, 0.15) is 5.76 Å². The lowest BCUT2D eigenvalue weighted by atomic mass is 10.1. The molecule has 21 heavy (non-hydrogen) atoms. The summed E-state index contributed by atoms with van der Waals surface area (Å²) in [5.41, 5.74) is 1.27. The first kappa shape index (κ1) is 16.6. The van der Waals surface area contributed by atoms with E-state index in [1.165, 1.54) is 44.2 Å². The van der Waals surface area contributed by atoms with Crippen molar-refractivity contribution in [3.63, 3.8) is 0 Å². The summed E-state index contributed by atoms with van der Waals surface area (Å²) in [5.74, 6) is 1.82. The van der Waals surface area contributed by atoms with Gasteiger partial charge in [0.2, 0.25) is 0 Å². The molecule has 0 spiro atoms. The highest BCUT2D eigenvalue weighted by Gasteiger charge is 2.20. The molecule has 1 aliphatic heterocycles. The molecule has 1 aromatic heterocycles. The van der Waals surface area contributed by atoms with Crippen LogP contribution in [0.15, 0.2) is 16.7 Å². The molecule has 0 aromatic carbocycles. The Morgan fingerprint density at radius 1 is 1.33 bits per heavy atom. The van der Waals surface area contributed by atoms with Gasteiger partial charge in [-0.3, -0.25) is 4.90 Å². The van der Waals surface area contributed by atoms with Gasteiger partial charge in [-0.05, 0) is 44.3 Å². The summed E-state index contributed by atoms with van der Waals surface area (Å²) in [4.78, 5) is 2.62. The third-order valence-electron chi connectivity index (χ3n) is 4.42. The second kappa shape index (κ2) is 8.60. The average molecular weight is 292 g/mol. The van der Waals surface area contributed by atoms with E-state index in [0.717, 1.165) is 31.4 Å². The zero-order valence-electron chi connectivity index (χ0n) is 14.0. The van der Waals surface area contributed by atoms with E-state index in [-0.39, 0.29) is 0 Å². The van der Waals surface area contributed by atoms with Crippen LogP contribution in [-0.4, -0.2) is 24.0 Å². The molecule has 0 radical (unpaired) electrons. The Balaban J connectivity index is 1.85. The lowest BCUT2D eigenvalue weighted by Crippen LogP contribution is -2.33. The van der Waals surface area contributed by atoms with Crippen molar-refractivity contribution in [3.8, 4) is 0 Å². The number of hydrogen-bond donors (Lipinski definition) is 1. The van der Waals surface area contributed by atoms with Crippen LogP contribution in [0.4, 0.5) is 0 Å². The molecular weight excluding hydrogens is 260 g/mol. The van der Waals surface area contributed by atoms with Gasteiger partial charge in [0.25, 0.3) is 0 Å². The normalized spacial score (nSPS) is 20.9. The van der Waals surface area contributed by atoms with Gasteiger partial charge in [-0.2, -0.15) is 0 Å². The SMILES string of the molecule is CCC1CCCCCN1Cc1cc(CNCC(C)C)co1. The Kier molecular flexibility index (Phi) is 6.78. The maximum atomic E-state index is 5.78. The van der Waals surface area contributed by atoms with Gasteiger partial charge in [0.15, 0.2) is 0 Å². The molecule has 1 unspecified atom stereocenters. The van der Waals surface area contributed by atoms with Crippen LogP contribution < -0.4 is 5.32 Å². The zero-order chi connectivity index (χ0) is 15.1. The van der Waals surface area contributed by atoms with Gasteiger partial charge in [0, 0.05) is 18.2 Å². The summed E-state index contributed by atoms with van der Waals surface area (Å²) in [6.45, 7) is 11.0. The van der Waals surface area contributed by atoms with Crippen LogP contribution in [0.3, 0.4) is 0 Å². The molecule has 1 atom stereocenters. The standard InChI is InChI=1S/C18H32N2O/c1-4-17-8-6-5-7-9-20(17)13-18-10-16(14-21-18)12-19-11-15(2)3/h10,14-15,17,19H,4-9,11-13H2,1-3H3. The number of hydrogen-bond acceptors (Lipinski definition) is 3. The molecule has 0 saturated carbocycles. The third kappa shape index (κ3) is 5.48. The summed E-state index contributed by atoms with van der Waals surface area (Å²) in [6.07, 6.45) is 8.62. The van der Waals surface area contributed by atoms with Gasteiger partial charge < -0.3 is 9.73 Å². The zero-order valence-corrected chi connectivity index (χ0v) is 14.0. The molecule has 1 N–H and O–H groups in total. The Bertz CT molecular complexity index is 400. The fourth-order valence-corrected chi connectivity index (χ4v) is 3.21. The van der Waals surface area contributed by atoms with Gasteiger partial charge in [-0.15, -0.1) is 0 Å². The smallest absolute Gasteiger partial charge is 0.118 e. The van der Waals surface area contributed by atoms with Crippen molar-refractivity contribution in [2.75, 3.05) is 13.1 Å². The van der Waals surface area contributed by atoms with Crippen molar-refractivity contribution >= 4 is 0 Å². The van der Waals surface area contributed by atoms with E-state index >= 15 is 0 Å². The van der Waals surface area contributed by atoms with Crippen molar-refractivity contribution in [2.45, 2.75) is 72.0 Å². The summed E-state index contributed by atoms with van der Waals surface area (Å²) in [6, 6.07) is 2.96. The Labute approximate surface area is 130 Å². The maximum Gasteiger partial charge on any atom is 0.118 e. The number of likely N-dealkylation sites (tertiary alicyclic amines) is 1. The summed E-state index contributed by atoms with van der Waals surface area (Å²) < 4.78 is 5.78. The van der Waals surface area contributed by atoms with Gasteiger partial charge in [0.05, 0.1) is 12.8 Å². The van der Waals surface area contributed by atoms with Gasteiger partial charge in [-0.25, -0.2) is 0 Å². The van der Waals surface area contributed by atoms with Crippen molar-refractivity contribution < 1.29 is 4.42 Å². The molecule has 0 bridgehead atoms. The lowest BCUT2D eigenvalue weighted by molar-refractivity contribution is 0.172. The number of nitrogens with one attached hydrogen (secondary N) is 1. The largest absolute Gasteiger partial charge is 0.468 e. The maximum absolute atomic E-state index is 5.78. The molecule has 0 aliphatic carbocycles. The highest BCUT2D eigenvalue weighted by Crippen LogP contribution is 2.22. The van der Waals surface area contributed by atoms with E-state index in [9.17, 15) is 0 Å². The van der Waals surface area contributed by atoms with E-state index in [2.05, 4.69) is 37.1 Å². The van der Waals surface area contributed by atoms with Crippen LogP contribution in [0.25, 0.3) is 0 Å². The molecular formula is C18H32N2O. The van der Waals surface area contributed by atoms with Crippen molar-refractivity contribution in [3.05, 3.63) is 23.7 Å². The quantitative estimate of drug-likeness (QED) is 0.817. The van der Waals surface area contributed by atoms with Crippen LogP contribution in [0.5, 0.6) is 0 Å². The van der Waals surface area contributed by atoms with Crippen LogP contribution >= 0.6 is 0 Å². The second-order valence-corrected chi connectivity index (χ2v) is 6.83. The molecule has 3 nitrogen and oxygen atoms in total. The molecule has 1 aromatic rings. The molecule has 120 valence electrons. The molecule has 1 fully saturated rings. The first-order valence-corrected chi connectivity index (χ1v) is 8.70. The van der Waals surface area contributed by atoms with E-state index in [1.54, 1.807) is 0 Å². The molecule has 1 aliphatic rings. The van der Waals surface area contributed by atoms with Crippen molar-refractivity contribution in [1.29, 1.82) is 0 Å². The van der Waals surface area contributed by atoms with Gasteiger partial charge >= 0.3 is 0 Å². The van der Waals surface area contributed by atoms with Crippen LogP contribution in [-0.2, 0) is 13.1 Å². The van der Waals surface area contributed by atoms with Crippen LogP contribution in [0, 0.1) is 5.92 Å². The number of rotatable bonds is 7. The first-order chi connectivity index (χ1) is 10.2. The summed E-state index contributed by atoms with van der Waals surface area (Å²) >= 11 is 0. The minimum Gasteiger partial charge on any atom is -0.468 e. The predicted molar refractivity (Wildman–Crippen MR) is 88.2 cm³/mol. The van der Waals surface area contributed by atoms with Crippen molar-refractivity contribution in [1.82, 2.24) is 10.2 Å². The average Bonchev–Trinajstić information content (AvgIpc) is 2.77. The highest BCUT2D eigenvalue weighted by atomic mass is 16.3. The van der Waals surface area contributed by atoms with E-state index in [1.807, 2.05) is 6.26 Å². The molecule has 1 saturated heterocycles. The minimum atomic E-state index is 0.693. The van der Waals surface area contributed by atoms with Gasteiger partial charge in [-0.1, -0.05) is 33.6 Å². The predicted octanol–water partition coefficient (Wildman–Crippen LogP) is 4.18. The van der Waals surface area contributed by atoms with E-state index in [0.29, 0.717) is 5.92 Å². The Morgan fingerprint density at radius 3 is 2.95 bits per heavy atom. The summed E-state index contributed by atoms with van der Waals surface area (Å²) in [5, 5.41) is 3.47. The highest BCUT2D eigenvalue weighted by molar-refractivity contribution is 5.12. The topological polar surface area (TPSA) is 28.4 Å². The monoisotopic (exact) mass is 292 g/mol. The third-order valence-corrected chi connectivity index (χ3v) is 4.42. The fraction of sp³-hybridized carbons (Fsp3) is 0.778. The number of nitrogens with zero attached hydrogens (tertiary/aromatic N) is 1. The van der Waals surface area contributed by atoms with Crippen LogP contribution in [0.1, 0.15) is 64.2 Å². The molecule has 3 heteroatoms. The van der Waals surface area contributed by atoms with Crippen molar-refractivity contribution in [2.24, 2.45) is 5.92 Å². The Morgan fingerprint density at radius 2 is 2.19 bits per heavy atom. The minimum absolute atomic E-state index is 0.693. The van der Waals surface area contributed by atoms with Crippen LogP contribution in [0.2, 0.25) is 0 Å². The second-order valence-electron chi connectivity index (χ2n) is 6.83. The number of furan rings is 1. The van der Waals surface area contributed by atoms with E-state index in [4.69, 9.17) is 4.42 Å². The molecule has 0 amide bonds. The Hall–Kier alpha value is -0.800. The summed E-state index contributed by atoms with van der Waals surface area (Å²) in [7, 11) is 0. The fourth-order valence-electron chi connectivity index (χ4n) is 3.21. The first-order valence-electron chi connectivity index (χ1n) is 8.70. The lowest BCUT2D eigenvalue weighted by Gasteiger charge is -2.28. The van der Waals surface area contributed by atoms with E-state index < -0.39 is 0 Å². The molecule has 2 heterocycles.